The third-order valence-corrected chi connectivity index (χ3v) is 4.35. The Morgan fingerprint density at radius 1 is 1.21 bits per heavy atom. The van der Waals surface area contributed by atoms with Crippen molar-refractivity contribution in [3.8, 4) is 0 Å². The van der Waals surface area contributed by atoms with Crippen molar-refractivity contribution < 1.29 is 5.11 Å². The largest absolute Gasteiger partial charge is 0.396 e. The van der Waals surface area contributed by atoms with E-state index in [0.29, 0.717) is 18.5 Å². The molecule has 1 aliphatic heterocycles. The van der Waals surface area contributed by atoms with Crippen LogP contribution >= 0.6 is 0 Å². The van der Waals surface area contributed by atoms with Crippen molar-refractivity contribution in [2.75, 3.05) is 6.61 Å². The third kappa shape index (κ3) is 3.56. The van der Waals surface area contributed by atoms with Gasteiger partial charge in [0.2, 0.25) is 0 Å². The summed E-state index contributed by atoms with van der Waals surface area (Å²) in [4.78, 5) is 2.53. The van der Waals surface area contributed by atoms with Crippen molar-refractivity contribution in [1.82, 2.24) is 4.90 Å². The van der Waals surface area contributed by atoms with Gasteiger partial charge in [-0.05, 0) is 38.7 Å². The van der Waals surface area contributed by atoms with E-state index in [-0.39, 0.29) is 12.1 Å². The molecule has 0 aliphatic carbocycles. The summed E-state index contributed by atoms with van der Waals surface area (Å²) in [5.41, 5.74) is 7.58. The Kier molecular flexibility index (Phi) is 4.61. The van der Waals surface area contributed by atoms with Crippen molar-refractivity contribution in [3.05, 3.63) is 35.9 Å². The van der Waals surface area contributed by atoms with Gasteiger partial charge in [-0.2, -0.15) is 0 Å². The molecule has 3 N–H and O–H groups in total. The minimum absolute atomic E-state index is 0.189. The first kappa shape index (κ1) is 14.5. The maximum absolute atomic E-state index is 9.16. The van der Waals surface area contributed by atoms with E-state index in [1.165, 1.54) is 5.56 Å². The number of hydrogen-bond donors (Lipinski definition) is 2. The molecule has 2 rings (SSSR count). The second-order valence-corrected chi connectivity index (χ2v) is 6.10. The smallest absolute Gasteiger partial charge is 0.0448 e. The van der Waals surface area contributed by atoms with Crippen molar-refractivity contribution in [3.63, 3.8) is 0 Å². The minimum atomic E-state index is -0.194. The summed E-state index contributed by atoms with van der Waals surface area (Å²) in [7, 11) is 0. The zero-order chi connectivity index (χ0) is 13.9. The van der Waals surface area contributed by atoms with Crippen molar-refractivity contribution in [2.24, 2.45) is 5.73 Å². The van der Waals surface area contributed by atoms with Crippen LogP contribution in [0.4, 0.5) is 0 Å². The van der Waals surface area contributed by atoms with Crippen LogP contribution in [0.15, 0.2) is 30.3 Å². The van der Waals surface area contributed by atoms with E-state index >= 15 is 0 Å². The monoisotopic (exact) mass is 262 g/mol. The van der Waals surface area contributed by atoms with Gasteiger partial charge in [0.1, 0.15) is 0 Å². The summed E-state index contributed by atoms with van der Waals surface area (Å²) in [6, 6.07) is 11.5. The number of aliphatic hydroxyl groups excluding tert-OH is 1. The molecule has 3 atom stereocenters. The summed E-state index contributed by atoms with van der Waals surface area (Å²) in [5, 5.41) is 9.16. The maximum Gasteiger partial charge on any atom is 0.0448 e. The van der Waals surface area contributed by atoms with Gasteiger partial charge in [-0.15, -0.1) is 0 Å². The molecule has 0 saturated carbocycles. The van der Waals surface area contributed by atoms with Crippen LogP contribution in [0.25, 0.3) is 0 Å². The Balaban J connectivity index is 2.04. The Morgan fingerprint density at radius 3 is 2.32 bits per heavy atom. The van der Waals surface area contributed by atoms with Crippen molar-refractivity contribution >= 4 is 0 Å². The molecule has 3 heteroatoms. The van der Waals surface area contributed by atoms with Gasteiger partial charge < -0.3 is 10.8 Å². The Morgan fingerprint density at radius 2 is 1.79 bits per heavy atom. The van der Waals surface area contributed by atoms with E-state index in [1.54, 1.807) is 0 Å². The zero-order valence-electron chi connectivity index (χ0n) is 12.0. The van der Waals surface area contributed by atoms with Crippen LogP contribution < -0.4 is 5.73 Å². The predicted octanol–water partition coefficient (Wildman–Crippen LogP) is 2.14. The number of likely N-dealkylation sites (tertiary alicyclic amines) is 1. The molecule has 106 valence electrons. The molecule has 0 bridgehead atoms. The minimum Gasteiger partial charge on any atom is -0.396 e. The fourth-order valence-electron chi connectivity index (χ4n) is 3.46. The van der Waals surface area contributed by atoms with Gasteiger partial charge >= 0.3 is 0 Å². The van der Waals surface area contributed by atoms with E-state index in [0.717, 1.165) is 19.4 Å². The van der Waals surface area contributed by atoms with Crippen molar-refractivity contribution in [1.29, 1.82) is 0 Å². The quantitative estimate of drug-likeness (QED) is 0.874. The van der Waals surface area contributed by atoms with Crippen LogP contribution in [0.1, 0.15) is 38.7 Å². The molecule has 0 aromatic heterocycles. The molecule has 0 radical (unpaired) electrons. The SMILES string of the molecule is C[C@@H]1CC(N)(CCO)C[C@H](C)N1Cc1ccccc1. The lowest BCUT2D eigenvalue weighted by molar-refractivity contribution is 0.0391. The molecule has 1 aliphatic rings. The van der Waals surface area contributed by atoms with Gasteiger partial charge in [0.15, 0.2) is 0 Å². The van der Waals surface area contributed by atoms with E-state index < -0.39 is 0 Å². The summed E-state index contributed by atoms with van der Waals surface area (Å²) in [5.74, 6) is 0. The van der Waals surface area contributed by atoms with Gasteiger partial charge in [0, 0.05) is 30.8 Å². The number of aliphatic hydroxyl groups is 1. The van der Waals surface area contributed by atoms with Crippen LogP contribution in [-0.4, -0.2) is 34.2 Å². The van der Waals surface area contributed by atoms with Crippen LogP contribution in [0.5, 0.6) is 0 Å². The number of nitrogens with zero attached hydrogens (tertiary/aromatic N) is 1. The molecule has 1 heterocycles. The van der Waals surface area contributed by atoms with E-state index in [4.69, 9.17) is 10.8 Å². The number of rotatable bonds is 4. The molecule has 1 unspecified atom stereocenters. The highest BCUT2D eigenvalue weighted by Crippen LogP contribution is 2.32. The molecule has 0 amide bonds. The average Bonchev–Trinajstić information content (AvgIpc) is 2.35. The maximum atomic E-state index is 9.16. The highest BCUT2D eigenvalue weighted by atomic mass is 16.3. The molecular formula is C16H26N2O. The Labute approximate surface area is 116 Å². The summed E-state index contributed by atoms with van der Waals surface area (Å²) in [6.45, 7) is 5.67. The van der Waals surface area contributed by atoms with Gasteiger partial charge in [-0.3, -0.25) is 4.90 Å². The second kappa shape index (κ2) is 6.04. The molecule has 3 nitrogen and oxygen atoms in total. The molecular weight excluding hydrogens is 236 g/mol. The zero-order valence-corrected chi connectivity index (χ0v) is 12.0. The van der Waals surface area contributed by atoms with Crippen LogP contribution in [0.3, 0.4) is 0 Å². The first-order valence-electron chi connectivity index (χ1n) is 7.23. The number of nitrogens with two attached hydrogens (primary N) is 1. The number of piperidine rings is 1. The fraction of sp³-hybridized carbons (Fsp3) is 0.625. The summed E-state index contributed by atoms with van der Waals surface area (Å²) >= 11 is 0. The number of hydrogen-bond acceptors (Lipinski definition) is 3. The van der Waals surface area contributed by atoms with Crippen LogP contribution in [0.2, 0.25) is 0 Å². The lowest BCUT2D eigenvalue weighted by atomic mass is 9.78. The fourth-order valence-corrected chi connectivity index (χ4v) is 3.46. The Bertz CT molecular complexity index is 381. The van der Waals surface area contributed by atoms with E-state index in [1.807, 2.05) is 0 Å². The van der Waals surface area contributed by atoms with Gasteiger partial charge in [0.25, 0.3) is 0 Å². The highest BCUT2D eigenvalue weighted by Gasteiger charge is 2.38. The first-order valence-corrected chi connectivity index (χ1v) is 7.23. The summed E-state index contributed by atoms with van der Waals surface area (Å²) in [6.07, 6.45) is 2.64. The van der Waals surface area contributed by atoms with Crippen LogP contribution in [-0.2, 0) is 6.54 Å². The van der Waals surface area contributed by atoms with E-state index in [9.17, 15) is 0 Å². The van der Waals surface area contributed by atoms with Gasteiger partial charge in [-0.25, -0.2) is 0 Å². The molecule has 19 heavy (non-hydrogen) atoms. The lowest BCUT2D eigenvalue weighted by Crippen LogP contribution is -2.57. The lowest BCUT2D eigenvalue weighted by Gasteiger charge is -2.47. The standard InChI is InChI=1S/C16H26N2O/c1-13-10-16(17,8-9-19)11-14(2)18(13)12-15-6-4-3-5-7-15/h3-7,13-14,19H,8-12,17H2,1-2H3/t13-,14+,16?. The average molecular weight is 262 g/mol. The molecule has 1 aromatic rings. The first-order chi connectivity index (χ1) is 9.04. The number of benzene rings is 1. The highest BCUT2D eigenvalue weighted by molar-refractivity contribution is 5.15. The summed E-state index contributed by atoms with van der Waals surface area (Å²) < 4.78 is 0. The molecule has 1 fully saturated rings. The molecule has 0 spiro atoms. The third-order valence-electron chi connectivity index (χ3n) is 4.35. The van der Waals surface area contributed by atoms with E-state index in [2.05, 4.69) is 49.1 Å². The molecule has 1 aromatic carbocycles. The van der Waals surface area contributed by atoms with Gasteiger partial charge in [-0.1, -0.05) is 30.3 Å². The van der Waals surface area contributed by atoms with Crippen LogP contribution in [0, 0.1) is 0 Å². The topological polar surface area (TPSA) is 49.5 Å². The second-order valence-electron chi connectivity index (χ2n) is 6.10. The normalized spacial score (nSPS) is 32.4. The predicted molar refractivity (Wildman–Crippen MR) is 78.8 cm³/mol. The van der Waals surface area contributed by atoms with Crippen molar-refractivity contribution in [2.45, 2.75) is 57.3 Å². The molecule has 1 saturated heterocycles. The Hall–Kier alpha value is -0.900. The van der Waals surface area contributed by atoms with Gasteiger partial charge in [0.05, 0.1) is 0 Å².